The first-order chi connectivity index (χ1) is 10.7. The first kappa shape index (κ1) is 17.7. The molecule has 1 aliphatic heterocycles. The number of alkyl halides is 3. The molecule has 1 fully saturated rings. The number of hydrogen-bond donors (Lipinski definition) is 0. The minimum absolute atomic E-state index is 0.0433. The van der Waals surface area contributed by atoms with Gasteiger partial charge < -0.3 is 9.80 Å². The highest BCUT2D eigenvalue weighted by Gasteiger charge is 2.43. The number of rotatable bonds is 3. The molecule has 2 heterocycles. The van der Waals surface area contributed by atoms with Crippen LogP contribution in [0.1, 0.15) is 23.5 Å². The fourth-order valence-corrected chi connectivity index (χ4v) is 3.23. The Morgan fingerprint density at radius 2 is 2.00 bits per heavy atom. The molecule has 0 aliphatic carbocycles. The van der Waals surface area contributed by atoms with Gasteiger partial charge in [0.2, 0.25) is 5.91 Å². The van der Waals surface area contributed by atoms with E-state index in [0.29, 0.717) is 6.54 Å². The Morgan fingerprint density at radius 1 is 1.39 bits per heavy atom. The van der Waals surface area contributed by atoms with Crippen LogP contribution in [0, 0.1) is 12.8 Å². The molecule has 2 amide bonds. The second-order valence-electron chi connectivity index (χ2n) is 5.62. The van der Waals surface area contributed by atoms with E-state index in [1.165, 1.54) is 11.3 Å². The highest BCUT2D eigenvalue weighted by molar-refractivity contribution is 7.09. The second kappa shape index (κ2) is 6.86. The van der Waals surface area contributed by atoms with Crippen molar-refractivity contribution in [2.75, 3.05) is 20.1 Å². The minimum Gasteiger partial charge on any atom is -0.340 e. The molecule has 2 rings (SSSR count). The van der Waals surface area contributed by atoms with Gasteiger partial charge in [-0.1, -0.05) is 0 Å². The van der Waals surface area contributed by atoms with Crippen molar-refractivity contribution >= 4 is 23.2 Å². The summed E-state index contributed by atoms with van der Waals surface area (Å²) >= 11 is 1.50. The van der Waals surface area contributed by atoms with E-state index < -0.39 is 12.1 Å². The molecule has 1 aliphatic rings. The van der Waals surface area contributed by atoms with Crippen LogP contribution in [0.3, 0.4) is 0 Å². The van der Waals surface area contributed by atoms with Crippen LogP contribution >= 0.6 is 11.3 Å². The van der Waals surface area contributed by atoms with Gasteiger partial charge in [-0.15, -0.1) is 11.3 Å². The van der Waals surface area contributed by atoms with Gasteiger partial charge in [0.1, 0.15) is 0 Å². The summed E-state index contributed by atoms with van der Waals surface area (Å²) < 4.78 is 37.2. The summed E-state index contributed by atoms with van der Waals surface area (Å²) in [5.74, 6) is -2.29. The number of nitrogens with zero attached hydrogens (tertiary/aromatic N) is 3. The lowest BCUT2D eigenvalue weighted by Crippen LogP contribution is -2.47. The number of aromatic nitrogens is 1. The minimum atomic E-state index is -4.85. The number of thiazole rings is 1. The number of piperidine rings is 1. The van der Waals surface area contributed by atoms with Crippen LogP contribution < -0.4 is 0 Å². The number of halogens is 3. The number of amides is 2. The van der Waals surface area contributed by atoms with Gasteiger partial charge in [-0.05, 0) is 19.8 Å². The SMILES string of the molecule is Cc1nc(CN(C)C(=O)C2CCN(C(=O)C(F)(F)F)CC2)cs1. The fourth-order valence-electron chi connectivity index (χ4n) is 2.62. The van der Waals surface area contributed by atoms with Gasteiger partial charge in [-0.3, -0.25) is 9.59 Å². The predicted octanol–water partition coefficient (Wildman–Crippen LogP) is 2.21. The molecule has 1 aromatic heterocycles. The number of carbonyl (C=O) groups is 2. The summed E-state index contributed by atoms with van der Waals surface area (Å²) in [5, 5.41) is 2.80. The van der Waals surface area contributed by atoms with Crippen LogP contribution in [0.25, 0.3) is 0 Å². The van der Waals surface area contributed by atoms with Crippen LogP contribution in [0.5, 0.6) is 0 Å². The quantitative estimate of drug-likeness (QED) is 0.841. The molecule has 0 spiro atoms. The van der Waals surface area contributed by atoms with Crippen molar-refractivity contribution in [3.8, 4) is 0 Å². The Hall–Kier alpha value is -1.64. The molecule has 23 heavy (non-hydrogen) atoms. The highest BCUT2D eigenvalue weighted by atomic mass is 32.1. The van der Waals surface area contributed by atoms with Gasteiger partial charge in [0.15, 0.2) is 0 Å². The monoisotopic (exact) mass is 349 g/mol. The lowest BCUT2D eigenvalue weighted by atomic mass is 9.95. The van der Waals surface area contributed by atoms with E-state index in [9.17, 15) is 22.8 Å². The van der Waals surface area contributed by atoms with Gasteiger partial charge in [-0.2, -0.15) is 13.2 Å². The summed E-state index contributed by atoms with van der Waals surface area (Å²) in [6.45, 7) is 2.17. The van der Waals surface area contributed by atoms with Crippen molar-refractivity contribution in [2.24, 2.45) is 5.92 Å². The van der Waals surface area contributed by atoms with Gasteiger partial charge in [0, 0.05) is 31.4 Å². The maximum atomic E-state index is 12.4. The van der Waals surface area contributed by atoms with Crippen molar-refractivity contribution in [3.63, 3.8) is 0 Å². The Balaban J connectivity index is 1.87. The number of hydrogen-bond acceptors (Lipinski definition) is 4. The third-order valence-electron chi connectivity index (χ3n) is 3.82. The standard InChI is InChI=1S/C14H18F3N3O2S/c1-9-18-11(8-23-9)7-19(2)12(21)10-3-5-20(6-4-10)13(22)14(15,16)17/h8,10H,3-7H2,1-2H3. The molecule has 0 bridgehead atoms. The van der Waals surface area contributed by atoms with E-state index in [-0.39, 0.29) is 37.8 Å². The third-order valence-corrected chi connectivity index (χ3v) is 4.64. The highest BCUT2D eigenvalue weighted by Crippen LogP contribution is 2.25. The van der Waals surface area contributed by atoms with E-state index in [0.717, 1.165) is 15.6 Å². The summed E-state index contributed by atoms with van der Waals surface area (Å²) in [4.78, 5) is 30.1. The number of aryl methyl sites for hydroxylation is 1. The summed E-state index contributed by atoms with van der Waals surface area (Å²) in [6.07, 6.45) is -4.35. The number of carbonyl (C=O) groups excluding carboxylic acids is 2. The Morgan fingerprint density at radius 3 is 2.48 bits per heavy atom. The summed E-state index contributed by atoms with van der Waals surface area (Å²) in [5.41, 5.74) is 0.799. The van der Waals surface area contributed by atoms with Gasteiger partial charge in [0.05, 0.1) is 17.2 Å². The van der Waals surface area contributed by atoms with E-state index in [1.54, 1.807) is 11.9 Å². The zero-order valence-electron chi connectivity index (χ0n) is 12.9. The van der Waals surface area contributed by atoms with Gasteiger partial charge in [-0.25, -0.2) is 4.98 Å². The largest absolute Gasteiger partial charge is 0.471 e. The molecular formula is C14H18F3N3O2S. The molecule has 128 valence electrons. The van der Waals surface area contributed by atoms with Crippen LogP contribution in [0.4, 0.5) is 13.2 Å². The van der Waals surface area contributed by atoms with Crippen LogP contribution in [-0.4, -0.2) is 52.9 Å². The van der Waals surface area contributed by atoms with Crippen LogP contribution in [0.15, 0.2) is 5.38 Å². The zero-order chi connectivity index (χ0) is 17.2. The fraction of sp³-hybridized carbons (Fsp3) is 0.643. The van der Waals surface area contributed by atoms with E-state index in [1.807, 2.05) is 12.3 Å². The Labute approximate surface area is 136 Å². The van der Waals surface area contributed by atoms with Crippen molar-refractivity contribution in [1.82, 2.24) is 14.8 Å². The third kappa shape index (κ3) is 4.43. The van der Waals surface area contributed by atoms with Gasteiger partial charge >= 0.3 is 12.1 Å². The maximum Gasteiger partial charge on any atom is 0.471 e. The average molecular weight is 349 g/mol. The molecule has 1 saturated heterocycles. The van der Waals surface area contributed by atoms with Crippen molar-refractivity contribution in [3.05, 3.63) is 16.1 Å². The Bertz CT molecular complexity index is 580. The first-order valence-corrected chi connectivity index (χ1v) is 8.08. The number of likely N-dealkylation sites (tertiary alicyclic amines) is 1. The Kier molecular flexibility index (Phi) is 5.28. The molecule has 9 heteroatoms. The molecule has 0 unspecified atom stereocenters. The molecule has 0 radical (unpaired) electrons. The summed E-state index contributed by atoms with van der Waals surface area (Å²) in [6, 6.07) is 0. The zero-order valence-corrected chi connectivity index (χ0v) is 13.7. The molecule has 5 nitrogen and oxygen atoms in total. The van der Waals surface area contributed by atoms with E-state index in [2.05, 4.69) is 4.98 Å². The summed E-state index contributed by atoms with van der Waals surface area (Å²) in [7, 11) is 1.66. The van der Waals surface area contributed by atoms with E-state index >= 15 is 0 Å². The predicted molar refractivity (Wildman–Crippen MR) is 78.7 cm³/mol. The molecule has 0 atom stereocenters. The van der Waals surface area contributed by atoms with Crippen molar-refractivity contribution in [2.45, 2.75) is 32.5 Å². The smallest absolute Gasteiger partial charge is 0.340 e. The first-order valence-electron chi connectivity index (χ1n) is 7.20. The van der Waals surface area contributed by atoms with Crippen LogP contribution in [0.2, 0.25) is 0 Å². The lowest BCUT2D eigenvalue weighted by molar-refractivity contribution is -0.187. The van der Waals surface area contributed by atoms with Crippen molar-refractivity contribution < 1.29 is 22.8 Å². The average Bonchev–Trinajstić information content (AvgIpc) is 2.90. The molecule has 0 N–H and O–H groups in total. The normalized spacial score (nSPS) is 16.5. The van der Waals surface area contributed by atoms with Crippen molar-refractivity contribution in [1.29, 1.82) is 0 Å². The lowest BCUT2D eigenvalue weighted by Gasteiger charge is -2.33. The molecular weight excluding hydrogens is 331 g/mol. The molecule has 0 saturated carbocycles. The second-order valence-corrected chi connectivity index (χ2v) is 6.68. The maximum absolute atomic E-state index is 12.4. The molecule has 1 aromatic rings. The molecule has 0 aromatic carbocycles. The van der Waals surface area contributed by atoms with Gasteiger partial charge in [0.25, 0.3) is 0 Å². The topological polar surface area (TPSA) is 53.5 Å². The van der Waals surface area contributed by atoms with Crippen LogP contribution in [-0.2, 0) is 16.1 Å². The van der Waals surface area contributed by atoms with E-state index in [4.69, 9.17) is 0 Å².